The normalized spacial score (nSPS) is 16.2. The van der Waals surface area contributed by atoms with E-state index in [4.69, 9.17) is 21.3 Å². The Bertz CT molecular complexity index is 1130. The van der Waals surface area contributed by atoms with E-state index in [-0.39, 0.29) is 12.1 Å². The van der Waals surface area contributed by atoms with E-state index in [1.54, 1.807) is 0 Å². The van der Waals surface area contributed by atoms with Crippen LogP contribution in [0, 0.1) is 0 Å². The molecule has 0 radical (unpaired) electrons. The van der Waals surface area contributed by atoms with Crippen molar-refractivity contribution in [2.24, 2.45) is 0 Å². The molecule has 1 aliphatic heterocycles. The molecule has 0 bridgehead atoms. The molecule has 1 fully saturated rings. The number of nitrogens with zero attached hydrogens (tertiary/aromatic N) is 3. The summed E-state index contributed by atoms with van der Waals surface area (Å²) in [6, 6.07) is 11.4. The fourth-order valence-electron chi connectivity index (χ4n) is 3.97. The number of rotatable bonds is 8. The van der Waals surface area contributed by atoms with Crippen molar-refractivity contribution in [3.05, 3.63) is 52.5 Å². The fraction of sp³-hybridized carbons (Fsp3) is 0.375. The molecule has 2 heterocycles. The van der Waals surface area contributed by atoms with E-state index in [0.717, 1.165) is 40.2 Å². The summed E-state index contributed by atoms with van der Waals surface area (Å²) in [6.45, 7) is 7.46. The maximum absolute atomic E-state index is 11.4. The van der Waals surface area contributed by atoms with Gasteiger partial charge in [-0.25, -0.2) is 4.98 Å². The topological polar surface area (TPSA) is 75.6 Å². The Labute approximate surface area is 197 Å². The molecule has 0 spiro atoms. The lowest BCUT2D eigenvalue weighted by Gasteiger charge is -2.38. The molecule has 1 aliphatic rings. The van der Waals surface area contributed by atoms with Crippen LogP contribution in [0.4, 0.5) is 0 Å². The van der Waals surface area contributed by atoms with Gasteiger partial charge in [-0.3, -0.25) is 9.69 Å². The predicted octanol–water partition coefficient (Wildman–Crippen LogP) is 5.53. The molecule has 3 aromatic rings. The molecular formula is C24H26ClN3O3S. The molecule has 168 valence electrons. The molecule has 1 N–H and O–H groups in total. The quantitative estimate of drug-likeness (QED) is 0.465. The van der Waals surface area contributed by atoms with Crippen molar-refractivity contribution in [1.82, 2.24) is 14.3 Å². The van der Waals surface area contributed by atoms with E-state index in [9.17, 15) is 9.90 Å². The minimum atomic E-state index is -0.750. The molecule has 0 aliphatic carbocycles. The summed E-state index contributed by atoms with van der Waals surface area (Å²) in [5, 5.41) is 10.7. The zero-order valence-corrected chi connectivity index (χ0v) is 19.9. The number of aliphatic carboxylic acids is 1. The predicted molar refractivity (Wildman–Crippen MR) is 127 cm³/mol. The van der Waals surface area contributed by atoms with Crippen LogP contribution in [-0.2, 0) is 17.8 Å². The second-order valence-corrected chi connectivity index (χ2v) is 9.30. The van der Waals surface area contributed by atoms with Gasteiger partial charge < -0.3 is 9.84 Å². The third-order valence-electron chi connectivity index (χ3n) is 5.62. The van der Waals surface area contributed by atoms with Gasteiger partial charge in [-0.2, -0.15) is 4.37 Å². The van der Waals surface area contributed by atoms with E-state index in [1.165, 1.54) is 11.5 Å². The SMILES string of the molecule is CCc1c(CN2CCC2C(=O)O)cccc1-c1nsc(-c2ccc(OC(C)C)c(Cl)c2)n1. The smallest absolute Gasteiger partial charge is 0.320 e. The van der Waals surface area contributed by atoms with Gasteiger partial charge in [-0.1, -0.05) is 36.7 Å². The maximum atomic E-state index is 11.4. The lowest BCUT2D eigenvalue weighted by Crippen LogP contribution is -2.51. The van der Waals surface area contributed by atoms with E-state index in [1.807, 2.05) is 49.1 Å². The Kier molecular flexibility index (Phi) is 6.79. The summed E-state index contributed by atoms with van der Waals surface area (Å²) in [4.78, 5) is 18.2. The Hall–Kier alpha value is -2.48. The molecule has 0 amide bonds. The van der Waals surface area contributed by atoms with Crippen molar-refractivity contribution in [3.8, 4) is 27.7 Å². The first-order valence-electron chi connectivity index (χ1n) is 10.8. The standard InChI is InChI=1S/C24H26ClN3O3S/c1-4-17-16(13-28-11-10-20(28)24(29)30)6-5-7-18(17)22-26-23(32-27-22)15-8-9-21(19(25)12-15)31-14(2)3/h5-9,12,14,20H,4,10-11,13H2,1-3H3,(H,29,30). The lowest BCUT2D eigenvalue weighted by molar-refractivity contribution is -0.148. The van der Waals surface area contributed by atoms with E-state index in [2.05, 4.69) is 17.4 Å². The van der Waals surface area contributed by atoms with Gasteiger partial charge in [-0.05, 0) is 67.5 Å². The fourth-order valence-corrected chi connectivity index (χ4v) is 4.87. The van der Waals surface area contributed by atoms with Crippen LogP contribution in [0.25, 0.3) is 22.0 Å². The van der Waals surface area contributed by atoms with E-state index >= 15 is 0 Å². The average molecular weight is 472 g/mol. The van der Waals surface area contributed by atoms with Crippen molar-refractivity contribution in [2.75, 3.05) is 6.54 Å². The van der Waals surface area contributed by atoms with Gasteiger partial charge >= 0.3 is 5.97 Å². The van der Waals surface area contributed by atoms with Gasteiger partial charge in [0.1, 0.15) is 16.8 Å². The summed E-state index contributed by atoms with van der Waals surface area (Å²) in [6.07, 6.45) is 1.57. The van der Waals surface area contributed by atoms with Gasteiger partial charge in [0.2, 0.25) is 0 Å². The molecular weight excluding hydrogens is 446 g/mol. The van der Waals surface area contributed by atoms with Gasteiger partial charge in [-0.15, -0.1) is 0 Å². The summed E-state index contributed by atoms with van der Waals surface area (Å²) in [5.74, 6) is 0.585. The number of carboxylic acid groups (broad SMARTS) is 1. The van der Waals surface area contributed by atoms with E-state index in [0.29, 0.717) is 29.6 Å². The molecule has 1 atom stereocenters. The van der Waals surface area contributed by atoms with Crippen LogP contribution >= 0.6 is 23.1 Å². The Balaban J connectivity index is 1.60. The van der Waals surface area contributed by atoms with Crippen LogP contribution in [-0.4, -0.2) is 44.0 Å². The van der Waals surface area contributed by atoms with Crippen molar-refractivity contribution in [3.63, 3.8) is 0 Å². The van der Waals surface area contributed by atoms with Crippen LogP contribution in [0.5, 0.6) is 5.75 Å². The molecule has 2 aromatic carbocycles. The minimum Gasteiger partial charge on any atom is -0.489 e. The average Bonchev–Trinajstić information content (AvgIpc) is 3.21. The number of halogens is 1. The van der Waals surface area contributed by atoms with Crippen LogP contribution in [0.1, 0.15) is 38.3 Å². The summed E-state index contributed by atoms with van der Waals surface area (Å²) in [7, 11) is 0. The first-order valence-corrected chi connectivity index (χ1v) is 11.9. The number of hydrogen-bond donors (Lipinski definition) is 1. The molecule has 4 rings (SSSR count). The molecule has 6 nitrogen and oxygen atoms in total. The second-order valence-electron chi connectivity index (χ2n) is 8.14. The highest BCUT2D eigenvalue weighted by atomic mass is 35.5. The third kappa shape index (κ3) is 4.65. The Morgan fingerprint density at radius 1 is 1.34 bits per heavy atom. The van der Waals surface area contributed by atoms with Gasteiger partial charge in [0.15, 0.2) is 5.82 Å². The monoisotopic (exact) mass is 471 g/mol. The molecule has 1 unspecified atom stereocenters. The van der Waals surface area contributed by atoms with Crippen molar-refractivity contribution >= 4 is 29.1 Å². The second kappa shape index (κ2) is 9.57. The maximum Gasteiger partial charge on any atom is 0.320 e. The molecule has 32 heavy (non-hydrogen) atoms. The van der Waals surface area contributed by atoms with Crippen LogP contribution < -0.4 is 4.74 Å². The van der Waals surface area contributed by atoms with Gasteiger partial charge in [0.05, 0.1) is 11.1 Å². The first-order chi connectivity index (χ1) is 15.4. The summed E-state index contributed by atoms with van der Waals surface area (Å²) < 4.78 is 10.3. The van der Waals surface area contributed by atoms with Crippen molar-refractivity contribution < 1.29 is 14.6 Å². The highest BCUT2D eigenvalue weighted by Gasteiger charge is 2.34. The third-order valence-corrected chi connectivity index (χ3v) is 6.68. The number of carbonyl (C=O) groups is 1. The number of likely N-dealkylation sites (tertiary alicyclic amines) is 1. The molecule has 1 aromatic heterocycles. The van der Waals surface area contributed by atoms with Crippen molar-refractivity contribution in [2.45, 2.75) is 52.3 Å². The number of benzene rings is 2. The molecule has 8 heteroatoms. The largest absolute Gasteiger partial charge is 0.489 e. The Morgan fingerprint density at radius 3 is 2.78 bits per heavy atom. The van der Waals surface area contributed by atoms with Gasteiger partial charge in [0.25, 0.3) is 0 Å². The van der Waals surface area contributed by atoms with Crippen LogP contribution in [0.15, 0.2) is 36.4 Å². The lowest BCUT2D eigenvalue weighted by atomic mass is 9.95. The highest BCUT2D eigenvalue weighted by molar-refractivity contribution is 7.09. The summed E-state index contributed by atoms with van der Waals surface area (Å²) in [5.41, 5.74) is 4.18. The van der Waals surface area contributed by atoms with E-state index < -0.39 is 5.97 Å². The molecule has 1 saturated heterocycles. The van der Waals surface area contributed by atoms with Gasteiger partial charge in [0, 0.05) is 24.2 Å². The number of ether oxygens (including phenoxy) is 1. The van der Waals surface area contributed by atoms with Crippen molar-refractivity contribution in [1.29, 1.82) is 0 Å². The van der Waals surface area contributed by atoms with Crippen LogP contribution in [0.2, 0.25) is 5.02 Å². The Morgan fingerprint density at radius 2 is 2.16 bits per heavy atom. The zero-order chi connectivity index (χ0) is 22.8. The minimum absolute atomic E-state index is 0.0493. The number of aromatic nitrogens is 2. The summed E-state index contributed by atoms with van der Waals surface area (Å²) >= 11 is 7.74. The molecule has 0 saturated carbocycles. The zero-order valence-electron chi connectivity index (χ0n) is 18.3. The van der Waals surface area contributed by atoms with Crippen LogP contribution in [0.3, 0.4) is 0 Å². The number of carboxylic acids is 1. The first kappa shape index (κ1) is 22.7. The number of hydrogen-bond acceptors (Lipinski definition) is 6. The highest BCUT2D eigenvalue weighted by Crippen LogP contribution is 2.34.